The third-order valence-corrected chi connectivity index (χ3v) is 8.35. The summed E-state index contributed by atoms with van der Waals surface area (Å²) in [4.78, 5) is 39.7. The minimum Gasteiger partial charge on any atom is -0.490 e. The lowest BCUT2D eigenvalue weighted by atomic mass is 10.1. The first kappa shape index (κ1) is 31.0. The van der Waals surface area contributed by atoms with E-state index in [9.17, 15) is 14.4 Å². The molecule has 41 heavy (non-hydrogen) atoms. The number of carbonyl (C=O) groups is 3. The first-order chi connectivity index (χ1) is 19.5. The fourth-order valence-electron chi connectivity index (χ4n) is 4.35. The van der Waals surface area contributed by atoms with Crippen molar-refractivity contribution in [3.05, 3.63) is 89.7 Å². The Kier molecular flexibility index (Phi) is 10.1. The van der Waals surface area contributed by atoms with Gasteiger partial charge in [-0.25, -0.2) is 0 Å². The van der Waals surface area contributed by atoms with E-state index in [1.165, 1.54) is 0 Å². The molecule has 1 fully saturated rings. The van der Waals surface area contributed by atoms with Gasteiger partial charge < -0.3 is 14.8 Å². The van der Waals surface area contributed by atoms with Crippen molar-refractivity contribution in [1.82, 2.24) is 4.90 Å². The molecule has 4 rings (SSSR count). The highest BCUT2D eigenvalue weighted by Crippen LogP contribution is 2.40. The highest BCUT2D eigenvalue weighted by atomic mass is 79.9. The van der Waals surface area contributed by atoms with Gasteiger partial charge in [-0.15, -0.1) is 0 Å². The minimum absolute atomic E-state index is 0.198. The van der Waals surface area contributed by atoms with Gasteiger partial charge in [0.2, 0.25) is 5.91 Å². The van der Waals surface area contributed by atoms with E-state index in [-0.39, 0.29) is 18.1 Å². The van der Waals surface area contributed by atoms with Gasteiger partial charge in [0.05, 0.1) is 26.0 Å². The molecule has 0 spiro atoms. The van der Waals surface area contributed by atoms with Crippen LogP contribution in [0.25, 0.3) is 6.08 Å². The maximum absolute atomic E-state index is 13.1. The number of hydrogen-bond donors (Lipinski definition) is 1. The van der Waals surface area contributed by atoms with Crippen LogP contribution in [0.1, 0.15) is 34.7 Å². The maximum atomic E-state index is 13.1. The zero-order valence-electron chi connectivity index (χ0n) is 22.8. The molecule has 1 N–H and O–H groups in total. The third kappa shape index (κ3) is 7.46. The van der Waals surface area contributed by atoms with Crippen molar-refractivity contribution in [3.63, 3.8) is 0 Å². The number of anilines is 1. The first-order valence-electron chi connectivity index (χ1n) is 12.6. The Morgan fingerprint density at radius 1 is 1.02 bits per heavy atom. The van der Waals surface area contributed by atoms with Gasteiger partial charge in [-0.3, -0.25) is 19.3 Å². The summed E-state index contributed by atoms with van der Waals surface area (Å²) in [6, 6.07) is 12.7. The van der Waals surface area contributed by atoms with Crippen molar-refractivity contribution in [2.24, 2.45) is 0 Å². The van der Waals surface area contributed by atoms with Crippen LogP contribution >= 0.6 is 50.9 Å². The lowest BCUT2D eigenvalue weighted by Crippen LogP contribution is -2.36. The van der Waals surface area contributed by atoms with Crippen molar-refractivity contribution in [2.45, 2.75) is 34.3 Å². The molecule has 11 heteroatoms. The maximum Gasteiger partial charge on any atom is 0.294 e. The van der Waals surface area contributed by atoms with E-state index >= 15 is 0 Å². The van der Waals surface area contributed by atoms with Crippen molar-refractivity contribution in [2.75, 3.05) is 18.5 Å². The molecule has 7 nitrogen and oxygen atoms in total. The number of carbonyl (C=O) groups excluding carboxylic acids is 3. The molecule has 0 bridgehead atoms. The molecule has 214 valence electrons. The summed E-state index contributed by atoms with van der Waals surface area (Å²) in [5.41, 5.74) is 5.01. The van der Waals surface area contributed by atoms with Crippen LogP contribution in [0.5, 0.6) is 11.5 Å². The summed E-state index contributed by atoms with van der Waals surface area (Å²) in [5.74, 6) is -0.0628. The normalized spacial score (nSPS) is 14.1. The number of imide groups is 1. The molecular formula is C30H27BrCl2N2O5S. The van der Waals surface area contributed by atoms with Crippen LogP contribution in [0.15, 0.2) is 51.8 Å². The summed E-state index contributed by atoms with van der Waals surface area (Å²) in [6.45, 7) is 7.84. The van der Waals surface area contributed by atoms with Crippen molar-refractivity contribution in [1.29, 1.82) is 0 Å². The number of rotatable bonds is 9. The molecule has 1 saturated heterocycles. The highest BCUT2D eigenvalue weighted by molar-refractivity contribution is 9.10. The van der Waals surface area contributed by atoms with E-state index in [0.29, 0.717) is 43.9 Å². The minimum atomic E-state index is -0.540. The highest BCUT2D eigenvalue weighted by Gasteiger charge is 2.36. The molecule has 3 aromatic rings. The van der Waals surface area contributed by atoms with Crippen molar-refractivity contribution >= 4 is 79.7 Å². The Balaban J connectivity index is 1.50. The molecule has 1 aliphatic heterocycles. The zero-order valence-corrected chi connectivity index (χ0v) is 26.7. The second-order valence-corrected chi connectivity index (χ2v) is 12.1. The Morgan fingerprint density at radius 2 is 1.73 bits per heavy atom. The van der Waals surface area contributed by atoms with Crippen LogP contribution in [0.4, 0.5) is 10.5 Å². The molecule has 3 aromatic carbocycles. The second-order valence-electron chi connectivity index (χ2n) is 9.39. The second kappa shape index (κ2) is 13.3. The largest absolute Gasteiger partial charge is 0.490 e. The van der Waals surface area contributed by atoms with Crippen LogP contribution in [-0.2, 0) is 16.2 Å². The summed E-state index contributed by atoms with van der Waals surface area (Å²) in [7, 11) is 0. The number of aryl methyl sites for hydroxylation is 3. The Hall–Kier alpha value is -2.98. The number of ether oxygens (including phenoxy) is 2. The van der Waals surface area contributed by atoms with Crippen LogP contribution in [0.3, 0.4) is 0 Å². The van der Waals surface area contributed by atoms with Gasteiger partial charge in [0.25, 0.3) is 11.1 Å². The molecule has 0 aliphatic carbocycles. The number of benzene rings is 3. The van der Waals surface area contributed by atoms with E-state index in [1.807, 2.05) is 45.9 Å². The molecular weight excluding hydrogens is 651 g/mol. The van der Waals surface area contributed by atoms with Crippen LogP contribution < -0.4 is 14.8 Å². The van der Waals surface area contributed by atoms with Gasteiger partial charge in [-0.05, 0) is 108 Å². The molecule has 1 aliphatic rings. The molecule has 0 atom stereocenters. The van der Waals surface area contributed by atoms with Crippen molar-refractivity contribution in [3.8, 4) is 11.5 Å². The topological polar surface area (TPSA) is 84.9 Å². The van der Waals surface area contributed by atoms with Crippen LogP contribution in [0, 0.1) is 20.8 Å². The smallest absolute Gasteiger partial charge is 0.294 e. The van der Waals surface area contributed by atoms with Gasteiger partial charge in [0.1, 0.15) is 13.2 Å². The fraction of sp³-hybridized carbons (Fsp3) is 0.233. The van der Waals surface area contributed by atoms with Crippen LogP contribution in [-0.4, -0.2) is 35.1 Å². The van der Waals surface area contributed by atoms with Gasteiger partial charge in [0, 0.05) is 5.69 Å². The van der Waals surface area contributed by atoms with Gasteiger partial charge in [0.15, 0.2) is 11.5 Å². The Bertz CT molecular complexity index is 1550. The van der Waals surface area contributed by atoms with E-state index in [1.54, 1.807) is 30.3 Å². The van der Waals surface area contributed by atoms with E-state index in [4.69, 9.17) is 32.7 Å². The number of amides is 3. The predicted octanol–water partition coefficient (Wildman–Crippen LogP) is 8.33. The predicted molar refractivity (Wildman–Crippen MR) is 168 cm³/mol. The molecule has 0 unspecified atom stereocenters. The summed E-state index contributed by atoms with van der Waals surface area (Å²) >= 11 is 16.4. The van der Waals surface area contributed by atoms with Gasteiger partial charge in [-0.2, -0.15) is 0 Å². The Morgan fingerprint density at radius 3 is 2.39 bits per heavy atom. The van der Waals surface area contributed by atoms with E-state index in [0.717, 1.165) is 38.9 Å². The lowest BCUT2D eigenvalue weighted by molar-refractivity contribution is -0.127. The zero-order chi connectivity index (χ0) is 29.8. The average molecular weight is 678 g/mol. The number of hydrogen-bond acceptors (Lipinski definition) is 6. The molecule has 0 aromatic heterocycles. The van der Waals surface area contributed by atoms with E-state index in [2.05, 4.69) is 21.2 Å². The van der Waals surface area contributed by atoms with E-state index < -0.39 is 17.1 Å². The van der Waals surface area contributed by atoms with Gasteiger partial charge in [-0.1, -0.05) is 47.0 Å². The fourth-order valence-corrected chi connectivity index (χ4v) is 6.08. The molecule has 1 heterocycles. The quantitative estimate of drug-likeness (QED) is 0.229. The molecule has 0 saturated carbocycles. The summed E-state index contributed by atoms with van der Waals surface area (Å²) in [5, 5.41) is 3.21. The molecule has 0 radical (unpaired) electrons. The standard InChI is InChI=1S/C30H27BrCl2N2O5S/c1-5-39-24-12-20(10-21(31)28(24)40-15-19-6-7-22(32)23(33)11-19)13-25-29(37)35(30(38)41-25)14-26(36)34-27-17(3)8-16(2)9-18(27)4/h6-13H,5,14-15H2,1-4H3,(H,34,36)/b25-13+. The number of thioether (sulfide) groups is 1. The van der Waals surface area contributed by atoms with Crippen LogP contribution in [0.2, 0.25) is 10.0 Å². The van der Waals surface area contributed by atoms with Gasteiger partial charge >= 0.3 is 0 Å². The first-order valence-corrected chi connectivity index (χ1v) is 15.0. The number of halogens is 3. The monoisotopic (exact) mass is 676 g/mol. The lowest BCUT2D eigenvalue weighted by Gasteiger charge is -2.16. The SMILES string of the molecule is CCOc1cc(/C=C2/SC(=O)N(CC(=O)Nc3c(C)cc(C)cc3C)C2=O)cc(Br)c1OCc1ccc(Cl)c(Cl)c1. The van der Waals surface area contributed by atoms with Crippen molar-refractivity contribution < 1.29 is 23.9 Å². The number of nitrogens with zero attached hydrogens (tertiary/aromatic N) is 1. The average Bonchev–Trinajstić information content (AvgIpc) is 3.15. The molecule has 3 amide bonds. The third-order valence-electron chi connectivity index (χ3n) is 6.11. The Labute approximate surface area is 261 Å². The summed E-state index contributed by atoms with van der Waals surface area (Å²) < 4.78 is 12.4. The number of nitrogens with one attached hydrogen (secondary N) is 1. The summed E-state index contributed by atoms with van der Waals surface area (Å²) in [6.07, 6.45) is 1.59.